The van der Waals surface area contributed by atoms with E-state index in [1.54, 1.807) is 0 Å². The molecule has 13 heavy (non-hydrogen) atoms. The van der Waals surface area contributed by atoms with Gasteiger partial charge in [-0.2, -0.15) is 9.89 Å². The van der Waals surface area contributed by atoms with Crippen molar-refractivity contribution in [2.45, 2.75) is 20.4 Å². The second-order valence-corrected chi connectivity index (χ2v) is 3.35. The number of amidine groups is 1. The Kier molecular flexibility index (Phi) is 1.55. The molecule has 2 heterocycles. The lowest BCUT2D eigenvalue weighted by Gasteiger charge is -2.22. The highest BCUT2D eigenvalue weighted by molar-refractivity contribution is 5.84. The van der Waals surface area contributed by atoms with Crippen LogP contribution >= 0.6 is 0 Å². The number of hydrogen-bond acceptors (Lipinski definition) is 4. The topological polar surface area (TPSA) is 59.4 Å². The number of nitrogen functional groups attached to an aromatic ring is 1. The van der Waals surface area contributed by atoms with E-state index in [0.29, 0.717) is 0 Å². The van der Waals surface area contributed by atoms with Gasteiger partial charge in [0.15, 0.2) is 5.82 Å². The Morgan fingerprint density at radius 1 is 1.38 bits per heavy atom. The van der Waals surface area contributed by atoms with Crippen molar-refractivity contribution in [2.24, 2.45) is 4.99 Å². The highest BCUT2D eigenvalue weighted by atomic mass is 15.5. The minimum absolute atomic E-state index is 0.785. The molecule has 0 amide bonds. The van der Waals surface area contributed by atoms with Crippen LogP contribution in [0, 0.1) is 6.92 Å². The molecular weight excluding hydrogens is 166 g/mol. The van der Waals surface area contributed by atoms with E-state index in [-0.39, 0.29) is 0 Å². The molecule has 1 aromatic rings. The molecule has 0 radical (unpaired) electrons. The minimum atomic E-state index is 0.785. The van der Waals surface area contributed by atoms with Crippen molar-refractivity contribution in [3.8, 4) is 0 Å². The Hall–Kier alpha value is -1.52. The van der Waals surface area contributed by atoms with Gasteiger partial charge in [0.05, 0.1) is 5.69 Å². The molecule has 1 aromatic heterocycles. The van der Waals surface area contributed by atoms with Crippen molar-refractivity contribution in [3.63, 3.8) is 0 Å². The van der Waals surface area contributed by atoms with E-state index in [0.717, 1.165) is 29.5 Å². The number of aryl methyl sites for hydroxylation is 1. The van der Waals surface area contributed by atoms with Crippen molar-refractivity contribution in [1.82, 2.24) is 14.8 Å². The van der Waals surface area contributed by atoms with Crippen molar-refractivity contribution in [2.75, 3.05) is 12.9 Å². The fraction of sp³-hybridized carbons (Fsp3) is 0.500. The lowest BCUT2D eigenvalue weighted by molar-refractivity contribution is 0.488. The summed E-state index contributed by atoms with van der Waals surface area (Å²) in [6.07, 6.45) is 0. The zero-order chi connectivity index (χ0) is 9.59. The third kappa shape index (κ3) is 1.07. The summed E-state index contributed by atoms with van der Waals surface area (Å²) in [6.45, 7) is 4.76. The molecule has 0 aromatic carbocycles. The zero-order valence-corrected chi connectivity index (χ0v) is 8.07. The van der Waals surface area contributed by atoms with Crippen LogP contribution < -0.4 is 5.84 Å². The van der Waals surface area contributed by atoms with Crippen molar-refractivity contribution < 1.29 is 0 Å². The quantitative estimate of drug-likeness (QED) is 0.586. The van der Waals surface area contributed by atoms with Gasteiger partial charge in [0.25, 0.3) is 0 Å². The molecule has 0 saturated heterocycles. The fourth-order valence-electron chi connectivity index (χ4n) is 1.46. The standard InChI is InChI=1S/C8H13N5/c1-5-7-4-12(3)6(2)10-8(7)13(9)11-5/h4,9H2,1-3H3. The molecule has 1 aliphatic rings. The third-order valence-corrected chi connectivity index (χ3v) is 2.40. The van der Waals surface area contributed by atoms with Crippen LogP contribution in [-0.4, -0.2) is 27.7 Å². The van der Waals surface area contributed by atoms with E-state index in [4.69, 9.17) is 5.84 Å². The molecular formula is C8H13N5. The average molecular weight is 179 g/mol. The van der Waals surface area contributed by atoms with E-state index in [2.05, 4.69) is 15.0 Å². The lowest BCUT2D eigenvalue weighted by atomic mass is 10.2. The maximum Gasteiger partial charge on any atom is 0.179 e. The zero-order valence-electron chi connectivity index (χ0n) is 8.07. The van der Waals surface area contributed by atoms with Gasteiger partial charge in [0.1, 0.15) is 5.84 Å². The molecule has 0 atom stereocenters. The van der Waals surface area contributed by atoms with Gasteiger partial charge in [-0.05, 0) is 13.8 Å². The smallest absolute Gasteiger partial charge is 0.179 e. The molecule has 2 rings (SSSR count). The molecule has 0 fully saturated rings. The summed E-state index contributed by atoms with van der Waals surface area (Å²) >= 11 is 0. The third-order valence-electron chi connectivity index (χ3n) is 2.40. The Morgan fingerprint density at radius 2 is 2.08 bits per heavy atom. The molecule has 5 heteroatoms. The summed E-state index contributed by atoms with van der Waals surface area (Å²) < 4.78 is 0. The second kappa shape index (κ2) is 2.48. The van der Waals surface area contributed by atoms with Crippen molar-refractivity contribution in [1.29, 1.82) is 0 Å². The van der Waals surface area contributed by atoms with Gasteiger partial charge in [0.2, 0.25) is 0 Å². The van der Waals surface area contributed by atoms with Crippen LogP contribution in [0.5, 0.6) is 0 Å². The molecule has 1 aliphatic heterocycles. The van der Waals surface area contributed by atoms with Gasteiger partial charge in [-0.1, -0.05) is 0 Å². The summed E-state index contributed by atoms with van der Waals surface area (Å²) in [5.41, 5.74) is 2.08. The Labute approximate surface area is 76.8 Å². The van der Waals surface area contributed by atoms with E-state index in [1.807, 2.05) is 20.9 Å². The van der Waals surface area contributed by atoms with E-state index < -0.39 is 0 Å². The Morgan fingerprint density at radius 3 is 2.77 bits per heavy atom. The van der Waals surface area contributed by atoms with Gasteiger partial charge in [-0.15, -0.1) is 0 Å². The number of nitrogens with two attached hydrogens (primary N) is 1. The molecule has 5 nitrogen and oxygen atoms in total. The van der Waals surface area contributed by atoms with Crippen molar-refractivity contribution >= 4 is 11.7 Å². The van der Waals surface area contributed by atoms with Crippen LogP contribution in [0.25, 0.3) is 0 Å². The highest BCUT2D eigenvalue weighted by Gasteiger charge is 2.20. The van der Waals surface area contributed by atoms with Crippen LogP contribution in [0.1, 0.15) is 18.2 Å². The fourth-order valence-corrected chi connectivity index (χ4v) is 1.46. The van der Waals surface area contributed by atoms with Gasteiger partial charge in [-0.3, -0.25) is 0 Å². The van der Waals surface area contributed by atoms with Gasteiger partial charge >= 0.3 is 0 Å². The Bertz CT molecular complexity index is 376. The maximum absolute atomic E-state index is 5.65. The molecule has 0 saturated carbocycles. The second-order valence-electron chi connectivity index (χ2n) is 3.35. The predicted molar refractivity (Wildman–Crippen MR) is 51.4 cm³/mol. The van der Waals surface area contributed by atoms with E-state index >= 15 is 0 Å². The first-order valence-electron chi connectivity index (χ1n) is 4.19. The van der Waals surface area contributed by atoms with E-state index in [1.165, 1.54) is 4.79 Å². The molecule has 2 N–H and O–H groups in total. The molecule has 0 aliphatic carbocycles. The van der Waals surface area contributed by atoms with Gasteiger partial charge in [0, 0.05) is 19.2 Å². The molecule has 70 valence electrons. The number of fused-ring (bicyclic) bond motifs is 1. The van der Waals surface area contributed by atoms with Crippen LogP contribution in [0.15, 0.2) is 4.99 Å². The number of hydrogen-bond donors (Lipinski definition) is 1. The van der Waals surface area contributed by atoms with Crippen LogP contribution in [-0.2, 0) is 6.54 Å². The average Bonchev–Trinajstić information content (AvgIpc) is 2.31. The summed E-state index contributed by atoms with van der Waals surface area (Å²) in [7, 11) is 2.01. The minimum Gasteiger partial charge on any atom is -0.359 e. The number of aromatic nitrogens is 2. The van der Waals surface area contributed by atoms with Gasteiger partial charge < -0.3 is 10.7 Å². The number of nitrogens with zero attached hydrogens (tertiary/aromatic N) is 4. The largest absolute Gasteiger partial charge is 0.359 e. The summed E-state index contributed by atoms with van der Waals surface area (Å²) in [5, 5.41) is 4.12. The first-order chi connectivity index (χ1) is 6.09. The normalized spacial score (nSPS) is 15.6. The number of rotatable bonds is 0. The summed E-state index contributed by atoms with van der Waals surface area (Å²) in [4.78, 5) is 7.79. The first kappa shape index (κ1) is 8.10. The SMILES string of the molecule is CC1=Nc2c(c(C)nn2N)CN1C. The predicted octanol–water partition coefficient (Wildman–Crippen LogP) is 0.401. The van der Waals surface area contributed by atoms with Crippen LogP contribution in [0.2, 0.25) is 0 Å². The van der Waals surface area contributed by atoms with Crippen molar-refractivity contribution in [3.05, 3.63) is 11.3 Å². The number of aliphatic imine (C=N–C) groups is 1. The molecule has 0 bridgehead atoms. The van der Waals surface area contributed by atoms with Gasteiger partial charge in [-0.25, -0.2) is 4.99 Å². The maximum atomic E-state index is 5.65. The first-order valence-corrected chi connectivity index (χ1v) is 4.19. The molecule has 0 spiro atoms. The highest BCUT2D eigenvalue weighted by Crippen LogP contribution is 2.26. The van der Waals surface area contributed by atoms with Crippen LogP contribution in [0.4, 0.5) is 5.82 Å². The lowest BCUT2D eigenvalue weighted by Crippen LogP contribution is -2.27. The molecule has 0 unspecified atom stereocenters. The summed E-state index contributed by atoms with van der Waals surface area (Å²) in [6, 6.07) is 0. The summed E-state index contributed by atoms with van der Waals surface area (Å²) in [5.74, 6) is 7.41. The van der Waals surface area contributed by atoms with E-state index in [9.17, 15) is 0 Å². The van der Waals surface area contributed by atoms with Crippen LogP contribution in [0.3, 0.4) is 0 Å². The Balaban J connectivity index is 2.58. The monoisotopic (exact) mass is 179 g/mol.